The molecule has 1 aromatic rings. The first-order valence-corrected chi connectivity index (χ1v) is 5.70. The summed E-state index contributed by atoms with van der Waals surface area (Å²) < 4.78 is 4.55. The maximum absolute atomic E-state index is 11.9. The average Bonchev–Trinajstić information content (AvgIpc) is 2.37. The van der Waals surface area contributed by atoms with E-state index in [1.54, 1.807) is 6.92 Å². The molecule has 0 aliphatic heterocycles. The van der Waals surface area contributed by atoms with Crippen LogP contribution in [0, 0.1) is 0 Å². The summed E-state index contributed by atoms with van der Waals surface area (Å²) >= 11 is 5.69. The van der Waals surface area contributed by atoms with Crippen LogP contribution in [0.2, 0.25) is 5.02 Å². The van der Waals surface area contributed by atoms with Gasteiger partial charge in [0.2, 0.25) is 0 Å². The van der Waals surface area contributed by atoms with Crippen molar-refractivity contribution < 1.29 is 38.3 Å². The van der Waals surface area contributed by atoms with E-state index in [1.807, 2.05) is 0 Å². The summed E-state index contributed by atoms with van der Waals surface area (Å²) in [5.41, 5.74) is 0.130. The number of benzene rings is 1. The van der Waals surface area contributed by atoms with E-state index >= 15 is 0 Å². The van der Waals surface area contributed by atoms with Gasteiger partial charge >= 0.3 is 24.8 Å². The fourth-order valence-electron chi connectivity index (χ4n) is 1.27. The second kappa shape index (κ2) is 8.06. The van der Waals surface area contributed by atoms with E-state index < -0.39 is 17.5 Å². The molecule has 0 saturated carbocycles. The summed E-state index contributed by atoms with van der Waals surface area (Å²) in [4.78, 5) is 22.8. The molecule has 0 saturated heterocycles. The number of Topliss-reactive ketones (excluding diaryl/α,β-unsaturated/α-hetero) is 1. The van der Waals surface area contributed by atoms with Crippen molar-refractivity contribution in [2.75, 3.05) is 6.61 Å². The molecule has 0 heterocycles. The van der Waals surface area contributed by atoms with Crippen LogP contribution in [-0.2, 0) is 14.3 Å². The second-order valence-corrected chi connectivity index (χ2v) is 3.95. The quantitative estimate of drug-likeness (QED) is 0.222. The maximum Gasteiger partial charge on any atom is 1.00 e. The molecular weight excluding hydrogens is 263 g/mol. The number of hydrogen-bond acceptors (Lipinski definition) is 4. The van der Waals surface area contributed by atoms with Crippen LogP contribution in [-0.4, -0.2) is 18.4 Å². The number of rotatable bonds is 4. The van der Waals surface area contributed by atoms with Gasteiger partial charge in [-0.3, -0.25) is 4.79 Å². The summed E-state index contributed by atoms with van der Waals surface area (Å²) in [5.74, 6) is -2.45. The Kier molecular flexibility index (Phi) is 7.54. The third-order valence-corrected chi connectivity index (χ3v) is 2.50. The molecule has 96 valence electrons. The molecule has 0 spiro atoms. The summed E-state index contributed by atoms with van der Waals surface area (Å²) in [7, 11) is 0. The number of ether oxygens (including phenoxy) is 1. The van der Waals surface area contributed by atoms with E-state index in [-0.39, 0.29) is 31.0 Å². The van der Waals surface area contributed by atoms with E-state index in [2.05, 4.69) is 4.74 Å². The molecule has 6 heteroatoms. The van der Waals surface area contributed by atoms with E-state index in [0.717, 1.165) is 0 Å². The molecule has 19 heavy (non-hydrogen) atoms. The van der Waals surface area contributed by atoms with Crippen molar-refractivity contribution in [2.24, 2.45) is 0 Å². The zero-order valence-corrected chi connectivity index (χ0v) is 11.8. The number of hydrogen-bond donors (Lipinski definition) is 0. The maximum atomic E-state index is 11.9. The van der Waals surface area contributed by atoms with Crippen LogP contribution >= 0.6 is 11.6 Å². The van der Waals surface area contributed by atoms with Crippen molar-refractivity contribution in [3.63, 3.8) is 0 Å². The molecule has 0 radical (unpaired) electrons. The fourth-order valence-corrected chi connectivity index (χ4v) is 1.40. The van der Waals surface area contributed by atoms with E-state index in [9.17, 15) is 14.7 Å². The standard InChI is InChI=1S/C13H13ClO4.Li/c1-3-18-13(17)12(16)8(2)11(15)9-4-6-10(14)7-5-9;/h4-7,15H,3H2,1-2H3;/q;+1/p-1/b11-8-;. The van der Waals surface area contributed by atoms with Crippen LogP contribution in [0.5, 0.6) is 0 Å². The Balaban J connectivity index is 0.00000324. The van der Waals surface area contributed by atoms with Crippen LogP contribution in [0.15, 0.2) is 29.8 Å². The number of carbonyl (C=O) groups excluding carboxylic acids is 2. The van der Waals surface area contributed by atoms with Gasteiger partial charge in [0, 0.05) is 5.02 Å². The fraction of sp³-hybridized carbons (Fsp3) is 0.231. The van der Waals surface area contributed by atoms with E-state index in [4.69, 9.17) is 11.6 Å². The second-order valence-electron chi connectivity index (χ2n) is 3.51. The normalized spacial score (nSPS) is 11.1. The number of carbonyl (C=O) groups is 2. The SMILES string of the molecule is CCOC(=O)C(=O)/C(C)=C(\[O-])c1ccc(Cl)cc1.[Li+]. The van der Waals surface area contributed by atoms with Gasteiger partial charge in [0.25, 0.3) is 5.78 Å². The molecule has 0 amide bonds. The third kappa shape index (κ3) is 4.75. The average molecular weight is 275 g/mol. The minimum Gasteiger partial charge on any atom is -0.872 e. The topological polar surface area (TPSA) is 66.4 Å². The molecule has 0 aromatic heterocycles. The van der Waals surface area contributed by atoms with Gasteiger partial charge < -0.3 is 9.84 Å². The molecule has 0 atom stereocenters. The first kappa shape index (κ1) is 17.8. The van der Waals surface area contributed by atoms with Crippen molar-refractivity contribution >= 4 is 29.1 Å². The summed E-state index contributed by atoms with van der Waals surface area (Å²) in [6, 6.07) is 6.06. The van der Waals surface area contributed by atoms with Gasteiger partial charge in [-0.25, -0.2) is 4.79 Å². The van der Waals surface area contributed by atoms with Gasteiger partial charge in [-0.1, -0.05) is 29.5 Å². The minimum absolute atomic E-state index is 0. The van der Waals surface area contributed by atoms with Crippen LogP contribution in [0.3, 0.4) is 0 Å². The first-order valence-electron chi connectivity index (χ1n) is 5.32. The molecule has 0 aliphatic carbocycles. The largest absolute Gasteiger partial charge is 1.00 e. The third-order valence-electron chi connectivity index (χ3n) is 2.25. The van der Waals surface area contributed by atoms with Crippen LogP contribution in [0.1, 0.15) is 19.4 Å². The monoisotopic (exact) mass is 274 g/mol. The molecule has 0 bridgehead atoms. The van der Waals surface area contributed by atoms with Crippen molar-refractivity contribution in [1.82, 2.24) is 0 Å². The summed E-state index contributed by atoms with van der Waals surface area (Å²) in [6.45, 7) is 2.98. The van der Waals surface area contributed by atoms with Gasteiger partial charge in [0.1, 0.15) is 0 Å². The van der Waals surface area contributed by atoms with Crippen molar-refractivity contribution in [2.45, 2.75) is 13.8 Å². The number of esters is 1. The van der Waals surface area contributed by atoms with Gasteiger partial charge in [0.15, 0.2) is 0 Å². The first-order chi connectivity index (χ1) is 8.47. The smallest absolute Gasteiger partial charge is 0.872 e. The van der Waals surface area contributed by atoms with Crippen LogP contribution in [0.4, 0.5) is 0 Å². The predicted molar refractivity (Wildman–Crippen MR) is 65.7 cm³/mol. The van der Waals surface area contributed by atoms with Crippen molar-refractivity contribution in [1.29, 1.82) is 0 Å². The number of ketones is 1. The zero-order chi connectivity index (χ0) is 13.7. The molecule has 0 aliphatic rings. The molecular formula is C13H12ClLiO4. The molecule has 1 aromatic carbocycles. The van der Waals surface area contributed by atoms with Crippen molar-refractivity contribution in [3.8, 4) is 0 Å². The molecule has 0 N–H and O–H groups in total. The Hall–Kier alpha value is -1.21. The summed E-state index contributed by atoms with van der Waals surface area (Å²) in [6.07, 6.45) is 0. The Morgan fingerprint density at radius 3 is 2.26 bits per heavy atom. The van der Waals surface area contributed by atoms with Crippen LogP contribution in [0.25, 0.3) is 5.76 Å². The van der Waals surface area contributed by atoms with Crippen molar-refractivity contribution in [3.05, 3.63) is 40.4 Å². The van der Waals surface area contributed by atoms with Gasteiger partial charge in [0.05, 0.1) is 6.61 Å². The zero-order valence-electron chi connectivity index (χ0n) is 11.0. The van der Waals surface area contributed by atoms with Gasteiger partial charge in [-0.05, 0) is 37.1 Å². The Morgan fingerprint density at radius 2 is 1.79 bits per heavy atom. The Bertz CT molecular complexity index is 494. The molecule has 4 nitrogen and oxygen atoms in total. The Labute approximate surface area is 128 Å². The minimum atomic E-state index is -1.02. The predicted octanol–water partition coefficient (Wildman–Crippen LogP) is -1.43. The number of halogens is 1. The van der Waals surface area contributed by atoms with Crippen LogP contribution < -0.4 is 24.0 Å². The molecule has 0 unspecified atom stereocenters. The van der Waals surface area contributed by atoms with E-state index in [0.29, 0.717) is 10.6 Å². The van der Waals surface area contributed by atoms with Gasteiger partial charge in [-0.15, -0.1) is 0 Å². The van der Waals surface area contributed by atoms with Gasteiger partial charge in [-0.2, -0.15) is 0 Å². The Morgan fingerprint density at radius 1 is 1.26 bits per heavy atom. The summed E-state index contributed by atoms with van der Waals surface area (Å²) in [5, 5.41) is 12.4. The molecule has 0 fully saturated rings. The van der Waals surface area contributed by atoms with E-state index in [1.165, 1.54) is 31.2 Å². The molecule has 1 rings (SSSR count).